The Morgan fingerprint density at radius 2 is 1.74 bits per heavy atom. The molecule has 0 atom stereocenters. The molecule has 7 heteroatoms. The van der Waals surface area contributed by atoms with Gasteiger partial charge in [-0.2, -0.15) is 0 Å². The van der Waals surface area contributed by atoms with Crippen LogP contribution in [0.4, 0.5) is 5.69 Å². The minimum atomic E-state index is -3.26. The number of fused-ring (bicyclic) bond motifs is 1. The summed E-state index contributed by atoms with van der Waals surface area (Å²) in [6.45, 7) is 11.6. The highest BCUT2D eigenvalue weighted by Crippen LogP contribution is 2.31. The molecule has 0 saturated carbocycles. The van der Waals surface area contributed by atoms with E-state index >= 15 is 0 Å². The molecular weight excluding hydrogens is 362 g/mol. The Labute approximate surface area is 163 Å². The monoisotopic (exact) mass is 393 g/mol. The molecule has 1 amide bonds. The molecule has 1 aromatic rings. The summed E-state index contributed by atoms with van der Waals surface area (Å²) in [5.41, 5.74) is 2.64. The summed E-state index contributed by atoms with van der Waals surface area (Å²) in [6.07, 6.45) is 3.03. The highest BCUT2D eigenvalue weighted by atomic mass is 32.2. The van der Waals surface area contributed by atoms with Crippen molar-refractivity contribution in [2.75, 3.05) is 49.8 Å². The molecule has 150 valence electrons. The summed E-state index contributed by atoms with van der Waals surface area (Å²) >= 11 is 0. The Balaban J connectivity index is 1.61. The van der Waals surface area contributed by atoms with Crippen molar-refractivity contribution < 1.29 is 13.2 Å². The maximum Gasteiger partial charge on any atom is 0.253 e. The van der Waals surface area contributed by atoms with Crippen LogP contribution in [0, 0.1) is 5.41 Å². The lowest BCUT2D eigenvalue weighted by atomic mass is 9.92. The van der Waals surface area contributed by atoms with E-state index in [0.29, 0.717) is 29.6 Å². The van der Waals surface area contributed by atoms with Crippen molar-refractivity contribution in [1.82, 2.24) is 9.80 Å². The first-order chi connectivity index (χ1) is 12.5. The number of nitrogens with zero attached hydrogens (tertiary/aromatic N) is 3. The summed E-state index contributed by atoms with van der Waals surface area (Å²) in [5, 5.41) is 0. The van der Waals surface area contributed by atoms with E-state index in [1.54, 1.807) is 12.1 Å². The zero-order valence-electron chi connectivity index (χ0n) is 16.9. The number of hydrogen-bond acceptors (Lipinski definition) is 4. The Bertz CT molecular complexity index is 806. The second-order valence-corrected chi connectivity index (χ2v) is 10.8. The van der Waals surface area contributed by atoms with Gasteiger partial charge in [0.05, 0.1) is 11.9 Å². The fourth-order valence-electron chi connectivity index (χ4n) is 3.70. The molecule has 0 aromatic heterocycles. The van der Waals surface area contributed by atoms with Crippen LogP contribution in [0.2, 0.25) is 0 Å². The molecule has 0 radical (unpaired) electrons. The normalized spacial score (nSPS) is 18.7. The summed E-state index contributed by atoms with van der Waals surface area (Å²) in [4.78, 5) is 17.2. The molecule has 0 N–H and O–H groups in total. The van der Waals surface area contributed by atoms with Crippen LogP contribution in [0.15, 0.2) is 18.2 Å². The van der Waals surface area contributed by atoms with E-state index in [1.807, 2.05) is 11.0 Å². The van der Waals surface area contributed by atoms with Gasteiger partial charge in [0, 0.05) is 38.3 Å². The number of anilines is 1. The lowest BCUT2D eigenvalue weighted by Gasteiger charge is -2.36. The third kappa shape index (κ3) is 4.82. The highest BCUT2D eigenvalue weighted by molar-refractivity contribution is 7.92. The fourth-order valence-corrected chi connectivity index (χ4v) is 4.66. The summed E-state index contributed by atoms with van der Waals surface area (Å²) in [5.74, 6) is 0.0473. The molecule has 0 aliphatic carbocycles. The molecule has 2 aliphatic rings. The first-order valence-corrected chi connectivity index (χ1v) is 11.5. The number of carbonyl (C=O) groups excluding carboxylic acids is 1. The van der Waals surface area contributed by atoms with Gasteiger partial charge in [0.25, 0.3) is 5.91 Å². The minimum Gasteiger partial charge on any atom is -0.336 e. The van der Waals surface area contributed by atoms with Crippen molar-refractivity contribution in [1.29, 1.82) is 0 Å². The molecule has 1 saturated heterocycles. The van der Waals surface area contributed by atoms with Gasteiger partial charge in [0.15, 0.2) is 0 Å². The Morgan fingerprint density at radius 3 is 2.33 bits per heavy atom. The third-order valence-electron chi connectivity index (χ3n) is 5.42. The maximum absolute atomic E-state index is 12.9. The van der Waals surface area contributed by atoms with E-state index in [1.165, 1.54) is 10.6 Å². The highest BCUT2D eigenvalue weighted by Gasteiger charge is 2.28. The molecule has 0 bridgehead atoms. The zero-order valence-corrected chi connectivity index (χ0v) is 17.7. The molecule has 3 rings (SSSR count). The first-order valence-electron chi connectivity index (χ1n) is 9.67. The van der Waals surface area contributed by atoms with E-state index in [0.717, 1.165) is 44.7 Å². The first kappa shape index (κ1) is 20.1. The average molecular weight is 394 g/mol. The smallest absolute Gasteiger partial charge is 0.253 e. The van der Waals surface area contributed by atoms with Gasteiger partial charge < -0.3 is 4.90 Å². The molecule has 6 nitrogen and oxygen atoms in total. The van der Waals surface area contributed by atoms with Crippen LogP contribution in [0.1, 0.15) is 43.1 Å². The molecule has 27 heavy (non-hydrogen) atoms. The van der Waals surface area contributed by atoms with E-state index in [2.05, 4.69) is 25.7 Å². The number of benzene rings is 1. The SMILES string of the molecule is CC(C)(C)CCN1CCN(C(=O)c2ccc3c(c2)CCN3S(C)(=O)=O)CC1. The van der Waals surface area contributed by atoms with Gasteiger partial charge in [-0.15, -0.1) is 0 Å². The van der Waals surface area contributed by atoms with Crippen LogP contribution < -0.4 is 4.31 Å². The van der Waals surface area contributed by atoms with Crippen LogP contribution in [0.3, 0.4) is 0 Å². The van der Waals surface area contributed by atoms with Crippen LogP contribution in [-0.2, 0) is 16.4 Å². The number of rotatable bonds is 4. The van der Waals surface area contributed by atoms with Crippen molar-refractivity contribution in [2.24, 2.45) is 5.41 Å². The predicted octanol–water partition coefficient (Wildman–Crippen LogP) is 2.20. The van der Waals surface area contributed by atoms with E-state index in [9.17, 15) is 13.2 Å². The van der Waals surface area contributed by atoms with Crippen molar-refractivity contribution in [3.8, 4) is 0 Å². The molecule has 2 heterocycles. The van der Waals surface area contributed by atoms with Gasteiger partial charge >= 0.3 is 0 Å². The molecule has 1 aromatic carbocycles. The fraction of sp³-hybridized carbons (Fsp3) is 0.650. The molecule has 2 aliphatic heterocycles. The topological polar surface area (TPSA) is 60.9 Å². The van der Waals surface area contributed by atoms with Gasteiger partial charge in [-0.1, -0.05) is 20.8 Å². The molecule has 1 fully saturated rings. The van der Waals surface area contributed by atoms with Crippen molar-refractivity contribution in [2.45, 2.75) is 33.6 Å². The predicted molar refractivity (Wildman–Crippen MR) is 109 cm³/mol. The quantitative estimate of drug-likeness (QED) is 0.787. The van der Waals surface area contributed by atoms with Gasteiger partial charge in [-0.25, -0.2) is 8.42 Å². The number of piperazine rings is 1. The number of hydrogen-bond donors (Lipinski definition) is 0. The summed E-state index contributed by atoms with van der Waals surface area (Å²) in [6, 6.07) is 5.40. The second kappa shape index (κ2) is 7.43. The maximum atomic E-state index is 12.9. The lowest BCUT2D eigenvalue weighted by Crippen LogP contribution is -2.49. The largest absolute Gasteiger partial charge is 0.336 e. The van der Waals surface area contributed by atoms with Crippen LogP contribution >= 0.6 is 0 Å². The zero-order chi connectivity index (χ0) is 19.8. The van der Waals surface area contributed by atoms with Gasteiger partial charge in [0.2, 0.25) is 10.0 Å². The minimum absolute atomic E-state index is 0.0473. The van der Waals surface area contributed by atoms with Crippen molar-refractivity contribution in [3.05, 3.63) is 29.3 Å². The summed E-state index contributed by atoms with van der Waals surface area (Å²) < 4.78 is 25.1. The number of sulfonamides is 1. The Kier molecular flexibility index (Phi) is 5.54. The average Bonchev–Trinajstić information content (AvgIpc) is 3.02. The van der Waals surface area contributed by atoms with Crippen LogP contribution in [0.5, 0.6) is 0 Å². The van der Waals surface area contributed by atoms with Crippen molar-refractivity contribution >= 4 is 21.6 Å². The Morgan fingerprint density at radius 1 is 1.07 bits per heavy atom. The summed E-state index contributed by atoms with van der Waals surface area (Å²) in [7, 11) is -3.26. The number of carbonyl (C=O) groups is 1. The van der Waals surface area contributed by atoms with E-state index < -0.39 is 10.0 Å². The standard InChI is InChI=1S/C20H31N3O3S/c1-20(2,3)8-10-21-11-13-22(14-12-21)19(24)17-5-6-18-16(15-17)7-9-23(18)27(4,25)26/h5-6,15H,7-14H2,1-4H3. The van der Waals surface area contributed by atoms with Crippen LogP contribution in [-0.4, -0.2) is 69.6 Å². The number of amides is 1. The van der Waals surface area contributed by atoms with Crippen LogP contribution in [0.25, 0.3) is 0 Å². The third-order valence-corrected chi connectivity index (χ3v) is 6.60. The lowest BCUT2D eigenvalue weighted by molar-refractivity contribution is 0.0623. The van der Waals surface area contributed by atoms with E-state index in [-0.39, 0.29) is 5.91 Å². The van der Waals surface area contributed by atoms with Crippen molar-refractivity contribution in [3.63, 3.8) is 0 Å². The molecule has 0 spiro atoms. The molecular formula is C20H31N3O3S. The Hall–Kier alpha value is -1.60. The molecule has 0 unspecified atom stereocenters. The van der Waals surface area contributed by atoms with Gasteiger partial charge in [-0.05, 0) is 48.6 Å². The van der Waals surface area contributed by atoms with E-state index in [4.69, 9.17) is 0 Å². The second-order valence-electron chi connectivity index (χ2n) is 8.87. The van der Waals surface area contributed by atoms with Gasteiger partial charge in [-0.3, -0.25) is 14.0 Å². The van der Waals surface area contributed by atoms with Gasteiger partial charge in [0.1, 0.15) is 0 Å².